The molecule has 0 spiro atoms. The van der Waals surface area contributed by atoms with Gasteiger partial charge in [-0.1, -0.05) is 48.5 Å². The van der Waals surface area contributed by atoms with Crippen molar-refractivity contribution in [1.29, 1.82) is 0 Å². The summed E-state index contributed by atoms with van der Waals surface area (Å²) in [5, 5.41) is 15.4. The Labute approximate surface area is 189 Å². The number of nitrogens with zero attached hydrogens (tertiary/aromatic N) is 4. The summed E-state index contributed by atoms with van der Waals surface area (Å²) in [5.74, 6) is 1.00. The van der Waals surface area contributed by atoms with Crippen LogP contribution in [0.5, 0.6) is 0 Å². The van der Waals surface area contributed by atoms with Gasteiger partial charge in [0.2, 0.25) is 11.8 Å². The largest absolute Gasteiger partial charge is 0.420 e. The molecule has 0 aliphatic carbocycles. The van der Waals surface area contributed by atoms with Crippen LogP contribution in [0, 0.1) is 0 Å². The van der Waals surface area contributed by atoms with Crippen LogP contribution in [-0.4, -0.2) is 25.9 Å². The van der Waals surface area contributed by atoms with Gasteiger partial charge in [-0.15, -0.1) is 15.3 Å². The van der Waals surface area contributed by atoms with E-state index in [-0.39, 0.29) is 5.91 Å². The summed E-state index contributed by atoms with van der Waals surface area (Å²) >= 11 is 0. The monoisotopic (exact) mass is 436 g/mol. The van der Waals surface area contributed by atoms with Crippen molar-refractivity contribution in [3.8, 4) is 17.1 Å². The Kier molecular flexibility index (Phi) is 5.38. The molecule has 0 atom stereocenters. The van der Waals surface area contributed by atoms with Crippen molar-refractivity contribution in [2.24, 2.45) is 0 Å². The van der Waals surface area contributed by atoms with E-state index in [2.05, 4.69) is 20.6 Å². The summed E-state index contributed by atoms with van der Waals surface area (Å²) in [6.07, 6.45) is 2.14. The molecule has 1 amide bonds. The number of rotatable bonds is 6. The number of nitrogens with two attached hydrogens (primary N) is 1. The molecule has 2 aromatic heterocycles. The maximum absolute atomic E-state index is 12.7. The zero-order valence-corrected chi connectivity index (χ0v) is 17.6. The third-order valence-electron chi connectivity index (χ3n) is 5.05. The second kappa shape index (κ2) is 8.80. The van der Waals surface area contributed by atoms with Crippen molar-refractivity contribution in [2.45, 2.75) is 6.42 Å². The first-order valence-electron chi connectivity index (χ1n) is 10.3. The molecule has 0 aliphatic heterocycles. The van der Waals surface area contributed by atoms with Gasteiger partial charge in [0.15, 0.2) is 5.82 Å². The summed E-state index contributed by atoms with van der Waals surface area (Å²) in [4.78, 5) is 12.7. The fourth-order valence-corrected chi connectivity index (χ4v) is 3.35. The summed E-state index contributed by atoms with van der Waals surface area (Å²) in [6.45, 7) is 0. The Hall–Kier alpha value is -4.72. The molecule has 0 radical (unpaired) electrons. The molecule has 0 saturated heterocycles. The van der Waals surface area contributed by atoms with Gasteiger partial charge in [-0.05, 0) is 42.0 Å². The van der Waals surface area contributed by atoms with E-state index >= 15 is 0 Å². The van der Waals surface area contributed by atoms with E-state index in [1.54, 1.807) is 23.0 Å². The molecule has 33 heavy (non-hydrogen) atoms. The van der Waals surface area contributed by atoms with Gasteiger partial charge in [-0.2, -0.15) is 0 Å². The van der Waals surface area contributed by atoms with Crippen LogP contribution < -0.4 is 11.1 Å². The minimum absolute atomic E-state index is 0.296. The van der Waals surface area contributed by atoms with E-state index in [0.29, 0.717) is 35.3 Å². The van der Waals surface area contributed by atoms with Gasteiger partial charge >= 0.3 is 0 Å². The molecule has 3 aromatic carbocycles. The number of carbonyl (C=O) groups is 1. The molecule has 5 aromatic rings. The number of hydrogen-bond acceptors (Lipinski definition) is 6. The second-order valence-corrected chi connectivity index (χ2v) is 7.41. The smallest absolute Gasteiger partial charge is 0.256 e. The van der Waals surface area contributed by atoms with Crippen LogP contribution in [0.4, 0.5) is 11.5 Å². The van der Waals surface area contributed by atoms with E-state index in [1.165, 1.54) is 0 Å². The average Bonchev–Trinajstić information content (AvgIpc) is 3.47. The number of anilines is 2. The number of aromatic nitrogens is 4. The Balaban J connectivity index is 1.25. The van der Waals surface area contributed by atoms with E-state index < -0.39 is 0 Å². The molecule has 2 heterocycles. The molecule has 5 rings (SSSR count). The van der Waals surface area contributed by atoms with Gasteiger partial charge in [-0.25, -0.2) is 4.68 Å². The third-order valence-corrected chi connectivity index (χ3v) is 5.05. The minimum Gasteiger partial charge on any atom is -0.420 e. The highest BCUT2D eigenvalue weighted by atomic mass is 16.4. The quantitative estimate of drug-likeness (QED) is 0.409. The molecular weight excluding hydrogens is 416 g/mol. The maximum atomic E-state index is 12.7. The molecule has 0 bridgehead atoms. The first-order chi connectivity index (χ1) is 16.2. The molecule has 0 aliphatic rings. The summed E-state index contributed by atoms with van der Waals surface area (Å²) in [6, 6.07) is 26.3. The fraction of sp³-hybridized carbons (Fsp3) is 0.0400. The Morgan fingerprint density at radius 3 is 2.33 bits per heavy atom. The molecule has 0 unspecified atom stereocenters. The molecule has 0 fully saturated rings. The predicted octanol–water partition coefficient (Wildman–Crippen LogP) is 4.35. The number of para-hydroxylation sites is 1. The number of nitrogen functional groups attached to an aromatic ring is 1. The SMILES string of the molecule is Nc1cn(-c2ccccc2)nc1NC(=O)c1ccc(Cc2nnc(-c3ccccc3)o2)cc1. The lowest BCUT2D eigenvalue weighted by atomic mass is 10.1. The van der Waals surface area contributed by atoms with Crippen molar-refractivity contribution >= 4 is 17.4 Å². The van der Waals surface area contributed by atoms with Crippen molar-refractivity contribution in [3.63, 3.8) is 0 Å². The normalized spacial score (nSPS) is 10.8. The fourth-order valence-electron chi connectivity index (χ4n) is 3.35. The van der Waals surface area contributed by atoms with Crippen LogP contribution in [0.1, 0.15) is 21.8 Å². The van der Waals surface area contributed by atoms with Gasteiger partial charge in [-0.3, -0.25) is 4.79 Å². The summed E-state index contributed by atoms with van der Waals surface area (Å²) in [7, 11) is 0. The zero-order chi connectivity index (χ0) is 22.6. The highest BCUT2D eigenvalue weighted by molar-refractivity contribution is 6.05. The first kappa shape index (κ1) is 20.2. The number of benzene rings is 3. The highest BCUT2D eigenvalue weighted by Gasteiger charge is 2.13. The number of carbonyl (C=O) groups excluding carboxylic acids is 1. The molecule has 8 nitrogen and oxygen atoms in total. The Bertz CT molecular complexity index is 1380. The van der Waals surface area contributed by atoms with E-state index in [0.717, 1.165) is 16.8 Å². The topological polar surface area (TPSA) is 112 Å². The van der Waals surface area contributed by atoms with Gasteiger partial charge in [0.05, 0.1) is 24.0 Å². The lowest BCUT2D eigenvalue weighted by Crippen LogP contribution is -2.13. The molecule has 0 saturated carbocycles. The highest BCUT2D eigenvalue weighted by Crippen LogP contribution is 2.21. The minimum atomic E-state index is -0.296. The van der Waals surface area contributed by atoms with Crippen LogP contribution in [0.2, 0.25) is 0 Å². The second-order valence-electron chi connectivity index (χ2n) is 7.41. The van der Waals surface area contributed by atoms with Crippen LogP contribution in [0.25, 0.3) is 17.1 Å². The predicted molar refractivity (Wildman–Crippen MR) is 125 cm³/mol. The van der Waals surface area contributed by atoms with Gasteiger partial charge in [0.1, 0.15) is 0 Å². The van der Waals surface area contributed by atoms with Crippen LogP contribution in [0.15, 0.2) is 95.5 Å². The summed E-state index contributed by atoms with van der Waals surface area (Å²) in [5.41, 5.74) is 9.58. The van der Waals surface area contributed by atoms with Gasteiger partial charge in [0, 0.05) is 11.1 Å². The molecule has 162 valence electrons. The van der Waals surface area contributed by atoms with E-state index in [4.69, 9.17) is 10.2 Å². The molecule has 3 N–H and O–H groups in total. The van der Waals surface area contributed by atoms with Gasteiger partial charge in [0.25, 0.3) is 5.91 Å². The zero-order valence-electron chi connectivity index (χ0n) is 17.6. The lowest BCUT2D eigenvalue weighted by molar-refractivity contribution is 0.102. The van der Waals surface area contributed by atoms with Gasteiger partial charge < -0.3 is 15.5 Å². The third kappa shape index (κ3) is 4.49. The van der Waals surface area contributed by atoms with Crippen LogP contribution >= 0.6 is 0 Å². The Morgan fingerprint density at radius 2 is 1.61 bits per heavy atom. The number of nitrogens with one attached hydrogen (secondary N) is 1. The van der Waals surface area contributed by atoms with Crippen molar-refractivity contribution in [1.82, 2.24) is 20.0 Å². The van der Waals surface area contributed by atoms with Crippen LogP contribution in [-0.2, 0) is 6.42 Å². The standard InChI is InChI=1S/C25H20N6O2/c26-21-16-31(20-9-5-2-6-10-20)30-23(21)27-24(32)18-13-11-17(12-14-18)15-22-28-29-25(33-22)19-7-3-1-4-8-19/h1-14,16H,15,26H2,(H,27,30,32). The van der Waals surface area contributed by atoms with Crippen molar-refractivity contribution < 1.29 is 9.21 Å². The average molecular weight is 436 g/mol. The van der Waals surface area contributed by atoms with Crippen molar-refractivity contribution in [2.75, 3.05) is 11.1 Å². The van der Waals surface area contributed by atoms with Crippen molar-refractivity contribution in [3.05, 3.63) is 108 Å². The number of hydrogen-bond donors (Lipinski definition) is 2. The van der Waals surface area contributed by atoms with E-state index in [1.807, 2.05) is 72.8 Å². The molecular formula is C25H20N6O2. The molecule has 8 heteroatoms. The maximum Gasteiger partial charge on any atom is 0.256 e. The van der Waals surface area contributed by atoms with Crippen LogP contribution in [0.3, 0.4) is 0 Å². The summed E-state index contributed by atoms with van der Waals surface area (Å²) < 4.78 is 7.38. The van der Waals surface area contributed by atoms with E-state index in [9.17, 15) is 4.79 Å². The Morgan fingerprint density at radius 1 is 0.909 bits per heavy atom. The number of amides is 1. The first-order valence-corrected chi connectivity index (χ1v) is 10.3. The lowest BCUT2D eigenvalue weighted by Gasteiger charge is -2.04.